The van der Waals surface area contributed by atoms with Crippen LogP contribution in [0, 0.1) is 5.21 Å². The Morgan fingerprint density at radius 3 is 2.75 bits per heavy atom. The maximum absolute atomic E-state index is 11.0. The van der Waals surface area contributed by atoms with E-state index in [-0.39, 0.29) is 5.69 Å². The van der Waals surface area contributed by atoms with Crippen LogP contribution >= 0.6 is 0 Å². The van der Waals surface area contributed by atoms with E-state index in [1.165, 1.54) is 6.20 Å². The summed E-state index contributed by atoms with van der Waals surface area (Å²) in [5, 5.41) is 14.5. The van der Waals surface area contributed by atoms with Crippen LogP contribution in [0.4, 0.5) is 5.69 Å². The third kappa shape index (κ3) is 1.92. The lowest BCUT2D eigenvalue weighted by Crippen LogP contribution is -2.25. The molecule has 0 saturated heterocycles. The number of azide groups is 1. The molecule has 1 aromatic heterocycles. The van der Waals surface area contributed by atoms with Gasteiger partial charge in [-0.1, -0.05) is 35.4 Å². The summed E-state index contributed by atoms with van der Waals surface area (Å²) in [5.74, 6) is 0. The van der Waals surface area contributed by atoms with Gasteiger partial charge in [-0.3, -0.25) is 0 Å². The van der Waals surface area contributed by atoms with E-state index in [1.54, 1.807) is 0 Å². The fraction of sp³-hybridized carbons (Fsp3) is 0. The van der Waals surface area contributed by atoms with Gasteiger partial charge >= 0.3 is 0 Å². The Morgan fingerprint density at radius 1 is 1.31 bits per heavy atom. The van der Waals surface area contributed by atoms with Crippen LogP contribution in [0.3, 0.4) is 0 Å². The minimum Gasteiger partial charge on any atom is -0.711 e. The van der Waals surface area contributed by atoms with E-state index in [0.717, 1.165) is 11.9 Å². The SMILES string of the molecule is [N-]=[N+]=Nc1c[n+]([O-])cnc1-c1ccccc1. The Labute approximate surface area is 91.0 Å². The van der Waals surface area contributed by atoms with Crippen LogP contribution in [0.15, 0.2) is 48.0 Å². The molecule has 0 aliphatic rings. The summed E-state index contributed by atoms with van der Waals surface area (Å²) in [4.78, 5) is 6.62. The molecule has 6 heteroatoms. The molecule has 0 amide bonds. The predicted molar refractivity (Wildman–Crippen MR) is 57.4 cm³/mol. The minimum atomic E-state index is 0.214. The Balaban J connectivity index is 2.61. The molecule has 2 aromatic rings. The Hall–Kier alpha value is -2.59. The van der Waals surface area contributed by atoms with Crippen LogP contribution in [-0.4, -0.2) is 4.98 Å². The van der Waals surface area contributed by atoms with Crippen molar-refractivity contribution in [1.29, 1.82) is 0 Å². The Bertz CT molecular complexity index is 548. The Morgan fingerprint density at radius 2 is 2.06 bits per heavy atom. The molecule has 2 rings (SSSR count). The van der Waals surface area contributed by atoms with E-state index < -0.39 is 0 Å². The van der Waals surface area contributed by atoms with Crippen molar-refractivity contribution >= 4 is 5.69 Å². The first-order valence-electron chi connectivity index (χ1n) is 4.50. The van der Waals surface area contributed by atoms with Crippen LogP contribution in [0.2, 0.25) is 0 Å². The summed E-state index contributed by atoms with van der Waals surface area (Å²) in [6, 6.07) is 9.21. The third-order valence-electron chi connectivity index (χ3n) is 1.99. The van der Waals surface area contributed by atoms with Crippen LogP contribution in [0.25, 0.3) is 21.7 Å². The largest absolute Gasteiger partial charge is 0.711 e. The van der Waals surface area contributed by atoms with Crippen molar-refractivity contribution in [3.63, 3.8) is 0 Å². The molecule has 6 nitrogen and oxygen atoms in total. The molecule has 0 atom stereocenters. The molecule has 0 spiro atoms. The molecular formula is C10H7N5O. The first-order chi connectivity index (χ1) is 7.81. The van der Waals surface area contributed by atoms with Crippen molar-refractivity contribution in [1.82, 2.24) is 4.98 Å². The second-order valence-electron chi connectivity index (χ2n) is 3.02. The first-order valence-corrected chi connectivity index (χ1v) is 4.50. The molecule has 16 heavy (non-hydrogen) atoms. The van der Waals surface area contributed by atoms with Crippen molar-refractivity contribution in [3.8, 4) is 11.3 Å². The standard InChI is InChI=1S/C10H7N5O/c11-14-13-9-6-15(16)7-12-10(9)8-4-2-1-3-5-8/h1-7H. The van der Waals surface area contributed by atoms with Crippen LogP contribution in [0.5, 0.6) is 0 Å². The highest BCUT2D eigenvalue weighted by Crippen LogP contribution is 2.25. The molecule has 0 radical (unpaired) electrons. The molecule has 0 aliphatic heterocycles. The Kier molecular flexibility index (Phi) is 2.67. The van der Waals surface area contributed by atoms with E-state index in [4.69, 9.17) is 5.53 Å². The fourth-order valence-corrected chi connectivity index (χ4v) is 1.34. The zero-order valence-electron chi connectivity index (χ0n) is 8.19. The molecule has 0 bridgehead atoms. The second-order valence-corrected chi connectivity index (χ2v) is 3.02. The van der Waals surface area contributed by atoms with Gasteiger partial charge in [0.1, 0.15) is 11.9 Å². The maximum atomic E-state index is 11.0. The second kappa shape index (κ2) is 4.29. The van der Waals surface area contributed by atoms with Crippen molar-refractivity contribution in [2.45, 2.75) is 0 Å². The van der Waals surface area contributed by atoms with E-state index >= 15 is 0 Å². The number of rotatable bonds is 2. The van der Waals surface area contributed by atoms with Crippen molar-refractivity contribution in [2.75, 3.05) is 0 Å². The summed E-state index contributed by atoms with van der Waals surface area (Å²) in [5.41, 5.74) is 9.90. The topological polar surface area (TPSA) is 88.6 Å². The quantitative estimate of drug-likeness (QED) is 0.252. The molecule has 0 saturated carbocycles. The van der Waals surface area contributed by atoms with Crippen molar-refractivity contribution < 1.29 is 4.73 Å². The minimum absolute atomic E-state index is 0.214. The fourth-order valence-electron chi connectivity index (χ4n) is 1.34. The number of hydrogen-bond donors (Lipinski definition) is 0. The van der Waals surface area contributed by atoms with Gasteiger partial charge in [0.2, 0.25) is 0 Å². The van der Waals surface area contributed by atoms with Crippen molar-refractivity contribution in [2.24, 2.45) is 5.11 Å². The van der Waals surface area contributed by atoms with Gasteiger partial charge in [-0.25, -0.2) is 4.73 Å². The zero-order valence-corrected chi connectivity index (χ0v) is 8.19. The zero-order chi connectivity index (χ0) is 11.4. The summed E-state index contributed by atoms with van der Waals surface area (Å²) >= 11 is 0. The van der Waals surface area contributed by atoms with Crippen LogP contribution in [-0.2, 0) is 0 Å². The molecule has 1 heterocycles. The van der Waals surface area contributed by atoms with E-state index in [0.29, 0.717) is 10.4 Å². The lowest BCUT2D eigenvalue weighted by atomic mass is 10.1. The normalized spacial score (nSPS) is 9.50. The average Bonchev–Trinajstić information content (AvgIpc) is 2.31. The summed E-state index contributed by atoms with van der Waals surface area (Å²) in [6.45, 7) is 0. The van der Waals surface area contributed by atoms with Gasteiger partial charge in [-0.15, -0.1) is 0 Å². The number of nitrogens with zero attached hydrogens (tertiary/aromatic N) is 5. The van der Waals surface area contributed by atoms with Gasteiger partial charge in [0.15, 0.2) is 5.69 Å². The molecule has 0 N–H and O–H groups in total. The van der Waals surface area contributed by atoms with Crippen LogP contribution < -0.4 is 4.73 Å². The molecule has 0 unspecified atom stereocenters. The predicted octanol–water partition coefficient (Wildman–Crippen LogP) is 2.32. The van der Waals surface area contributed by atoms with Gasteiger partial charge in [0.05, 0.1) is 0 Å². The van der Waals surface area contributed by atoms with E-state index in [9.17, 15) is 5.21 Å². The summed E-state index contributed by atoms with van der Waals surface area (Å²) in [6.07, 6.45) is 2.31. The number of benzene rings is 1. The van der Waals surface area contributed by atoms with Crippen molar-refractivity contribution in [3.05, 3.63) is 58.5 Å². The lowest BCUT2D eigenvalue weighted by molar-refractivity contribution is -0.608. The summed E-state index contributed by atoms with van der Waals surface area (Å²) < 4.78 is 0.496. The molecule has 0 aliphatic carbocycles. The lowest BCUT2D eigenvalue weighted by Gasteiger charge is -2.02. The molecule has 78 valence electrons. The first kappa shape index (κ1) is 9.95. The highest BCUT2D eigenvalue weighted by atomic mass is 16.5. The maximum Gasteiger partial charge on any atom is 0.289 e. The highest BCUT2D eigenvalue weighted by molar-refractivity contribution is 5.70. The number of hydrogen-bond acceptors (Lipinski definition) is 3. The van der Waals surface area contributed by atoms with Gasteiger partial charge in [0, 0.05) is 10.5 Å². The summed E-state index contributed by atoms with van der Waals surface area (Å²) in [7, 11) is 0. The average molecular weight is 213 g/mol. The van der Waals surface area contributed by atoms with Gasteiger partial charge in [-0.05, 0) is 10.5 Å². The monoisotopic (exact) mass is 213 g/mol. The van der Waals surface area contributed by atoms with Gasteiger partial charge in [-0.2, -0.15) is 0 Å². The smallest absolute Gasteiger partial charge is 0.289 e. The van der Waals surface area contributed by atoms with Gasteiger partial charge in [0.25, 0.3) is 6.33 Å². The molecular weight excluding hydrogens is 206 g/mol. The molecule has 1 aromatic carbocycles. The highest BCUT2D eigenvalue weighted by Gasteiger charge is 2.11. The third-order valence-corrected chi connectivity index (χ3v) is 1.99. The van der Waals surface area contributed by atoms with Crippen LogP contribution in [0.1, 0.15) is 0 Å². The number of aromatic nitrogens is 2. The van der Waals surface area contributed by atoms with E-state index in [2.05, 4.69) is 15.0 Å². The van der Waals surface area contributed by atoms with E-state index in [1.807, 2.05) is 30.3 Å². The van der Waals surface area contributed by atoms with Gasteiger partial charge < -0.3 is 5.21 Å². The molecule has 0 fully saturated rings.